The predicted octanol–water partition coefficient (Wildman–Crippen LogP) is 2.37. The number of aromatic nitrogens is 3. The lowest BCUT2D eigenvalue weighted by atomic mass is 10.4. The first-order chi connectivity index (χ1) is 8.35. The molecule has 0 aliphatic carbocycles. The normalized spacial score (nSPS) is 10.7. The molecule has 0 bridgehead atoms. The fraction of sp³-hybridized carbons (Fsp3) is 0.500. The second kappa shape index (κ2) is 5.52. The van der Waals surface area contributed by atoms with Crippen LogP contribution in [-0.2, 0) is 0 Å². The van der Waals surface area contributed by atoms with Crippen LogP contribution in [0.5, 0.6) is 0 Å². The van der Waals surface area contributed by atoms with Crippen molar-refractivity contribution in [3.63, 3.8) is 0 Å². The van der Waals surface area contributed by atoms with E-state index in [4.69, 9.17) is 0 Å². The van der Waals surface area contributed by atoms with Crippen LogP contribution in [0, 0.1) is 0 Å². The molecule has 2 rings (SSSR count). The third-order valence-electron chi connectivity index (χ3n) is 2.47. The third kappa shape index (κ3) is 2.67. The van der Waals surface area contributed by atoms with Gasteiger partial charge in [-0.2, -0.15) is 0 Å². The zero-order valence-electron chi connectivity index (χ0n) is 10.4. The molecule has 0 amide bonds. The number of nitrogens with one attached hydrogen (secondary N) is 2. The Balaban J connectivity index is 2.29. The van der Waals surface area contributed by atoms with E-state index < -0.39 is 0 Å². The molecular weight excluding hydrogens is 214 g/mol. The maximum Gasteiger partial charge on any atom is 0.180 e. The standard InChI is InChI=1S/C12H19N5/c1-3-5-13-10-9-17-8-7-15-12(17)11(16-10)14-6-4-2/h7-9,13H,3-6H2,1-2H3,(H,14,16). The average Bonchev–Trinajstić information content (AvgIpc) is 2.81. The summed E-state index contributed by atoms with van der Waals surface area (Å²) in [5.41, 5.74) is 0.875. The molecule has 0 aromatic carbocycles. The van der Waals surface area contributed by atoms with Gasteiger partial charge < -0.3 is 15.0 Å². The second-order valence-corrected chi connectivity index (χ2v) is 3.99. The Bertz CT molecular complexity index is 477. The van der Waals surface area contributed by atoms with Crippen molar-refractivity contribution < 1.29 is 0 Å². The summed E-state index contributed by atoms with van der Waals surface area (Å²) < 4.78 is 1.99. The van der Waals surface area contributed by atoms with Crippen molar-refractivity contribution in [3.05, 3.63) is 18.6 Å². The number of fused-ring (bicyclic) bond motifs is 1. The van der Waals surface area contributed by atoms with E-state index in [1.807, 2.05) is 16.8 Å². The summed E-state index contributed by atoms with van der Waals surface area (Å²) in [6, 6.07) is 0. The van der Waals surface area contributed by atoms with Crippen molar-refractivity contribution >= 4 is 17.3 Å². The molecule has 0 unspecified atom stereocenters. The van der Waals surface area contributed by atoms with Crippen LogP contribution in [0.15, 0.2) is 18.6 Å². The highest BCUT2D eigenvalue weighted by Crippen LogP contribution is 2.16. The molecule has 0 atom stereocenters. The van der Waals surface area contributed by atoms with Crippen molar-refractivity contribution in [1.29, 1.82) is 0 Å². The van der Waals surface area contributed by atoms with Crippen LogP contribution in [0.25, 0.3) is 5.65 Å². The van der Waals surface area contributed by atoms with E-state index in [0.717, 1.165) is 43.2 Å². The smallest absolute Gasteiger partial charge is 0.180 e. The van der Waals surface area contributed by atoms with Crippen molar-refractivity contribution in [2.24, 2.45) is 0 Å². The number of hydrogen-bond acceptors (Lipinski definition) is 4. The maximum absolute atomic E-state index is 4.54. The van der Waals surface area contributed by atoms with Crippen LogP contribution in [0.4, 0.5) is 11.6 Å². The first-order valence-electron chi connectivity index (χ1n) is 6.16. The van der Waals surface area contributed by atoms with Gasteiger partial charge in [-0.1, -0.05) is 13.8 Å². The maximum atomic E-state index is 4.54. The predicted molar refractivity (Wildman–Crippen MR) is 70.5 cm³/mol. The summed E-state index contributed by atoms with van der Waals surface area (Å²) in [5, 5.41) is 6.60. The molecule has 0 saturated carbocycles. The average molecular weight is 233 g/mol. The molecule has 92 valence electrons. The molecule has 0 radical (unpaired) electrons. The third-order valence-corrected chi connectivity index (χ3v) is 2.47. The number of nitrogens with zero attached hydrogens (tertiary/aromatic N) is 3. The molecule has 0 spiro atoms. The highest BCUT2D eigenvalue weighted by molar-refractivity contribution is 5.65. The van der Waals surface area contributed by atoms with Gasteiger partial charge in [-0.3, -0.25) is 0 Å². The monoisotopic (exact) mass is 233 g/mol. The van der Waals surface area contributed by atoms with Gasteiger partial charge in [-0.05, 0) is 12.8 Å². The minimum atomic E-state index is 0.845. The molecule has 0 saturated heterocycles. The lowest BCUT2D eigenvalue weighted by molar-refractivity contribution is 0.947. The van der Waals surface area contributed by atoms with Gasteiger partial charge in [0.15, 0.2) is 11.5 Å². The summed E-state index contributed by atoms with van der Waals surface area (Å²) in [7, 11) is 0. The first-order valence-corrected chi connectivity index (χ1v) is 6.16. The van der Waals surface area contributed by atoms with Gasteiger partial charge in [0, 0.05) is 25.5 Å². The van der Waals surface area contributed by atoms with Gasteiger partial charge in [0.2, 0.25) is 0 Å². The second-order valence-electron chi connectivity index (χ2n) is 3.99. The summed E-state index contributed by atoms with van der Waals surface area (Å²) in [6.07, 6.45) is 7.85. The minimum absolute atomic E-state index is 0.845. The van der Waals surface area contributed by atoms with Crippen molar-refractivity contribution in [2.75, 3.05) is 23.7 Å². The van der Waals surface area contributed by atoms with E-state index in [-0.39, 0.29) is 0 Å². The fourth-order valence-electron chi connectivity index (χ4n) is 1.63. The minimum Gasteiger partial charge on any atom is -0.369 e. The van der Waals surface area contributed by atoms with Gasteiger partial charge >= 0.3 is 0 Å². The zero-order chi connectivity index (χ0) is 12.1. The molecule has 0 aliphatic rings. The molecule has 2 N–H and O–H groups in total. The molecule has 17 heavy (non-hydrogen) atoms. The van der Waals surface area contributed by atoms with Crippen molar-refractivity contribution in [2.45, 2.75) is 26.7 Å². The van der Waals surface area contributed by atoms with E-state index in [0.29, 0.717) is 0 Å². The van der Waals surface area contributed by atoms with Crippen molar-refractivity contribution in [3.8, 4) is 0 Å². The van der Waals surface area contributed by atoms with Gasteiger partial charge in [0.05, 0.1) is 6.20 Å². The SMILES string of the molecule is CCCNc1cn2ccnc2c(NCCC)n1. The van der Waals surface area contributed by atoms with E-state index >= 15 is 0 Å². The number of anilines is 2. The summed E-state index contributed by atoms with van der Waals surface area (Å²) in [5.74, 6) is 1.73. The molecule has 2 aromatic heterocycles. The Morgan fingerprint density at radius 3 is 2.71 bits per heavy atom. The quantitative estimate of drug-likeness (QED) is 0.804. The summed E-state index contributed by atoms with van der Waals surface area (Å²) >= 11 is 0. The Labute approximate surface area is 101 Å². The zero-order valence-corrected chi connectivity index (χ0v) is 10.4. The summed E-state index contributed by atoms with van der Waals surface area (Å²) in [6.45, 7) is 6.11. The topological polar surface area (TPSA) is 54.2 Å². The molecule has 5 heteroatoms. The largest absolute Gasteiger partial charge is 0.369 e. The van der Waals surface area contributed by atoms with Gasteiger partial charge in [0.25, 0.3) is 0 Å². The molecule has 2 aromatic rings. The number of hydrogen-bond donors (Lipinski definition) is 2. The Kier molecular flexibility index (Phi) is 3.80. The fourth-order valence-corrected chi connectivity index (χ4v) is 1.63. The van der Waals surface area contributed by atoms with E-state index in [1.165, 1.54) is 0 Å². The van der Waals surface area contributed by atoms with E-state index in [1.54, 1.807) is 6.20 Å². The van der Waals surface area contributed by atoms with Gasteiger partial charge in [0.1, 0.15) is 5.82 Å². The van der Waals surface area contributed by atoms with Crippen LogP contribution in [0.2, 0.25) is 0 Å². The molecular formula is C12H19N5. The van der Waals surface area contributed by atoms with Crippen LogP contribution >= 0.6 is 0 Å². The Hall–Kier alpha value is -1.78. The molecule has 0 aliphatic heterocycles. The van der Waals surface area contributed by atoms with Crippen molar-refractivity contribution in [1.82, 2.24) is 14.4 Å². The molecule has 0 fully saturated rings. The van der Waals surface area contributed by atoms with Crippen LogP contribution in [-0.4, -0.2) is 27.5 Å². The van der Waals surface area contributed by atoms with Gasteiger partial charge in [-0.25, -0.2) is 9.97 Å². The lowest BCUT2D eigenvalue weighted by Crippen LogP contribution is -2.08. The Morgan fingerprint density at radius 2 is 1.94 bits per heavy atom. The Morgan fingerprint density at radius 1 is 1.18 bits per heavy atom. The van der Waals surface area contributed by atoms with E-state index in [9.17, 15) is 0 Å². The highest BCUT2D eigenvalue weighted by Gasteiger charge is 2.06. The molecule has 5 nitrogen and oxygen atoms in total. The van der Waals surface area contributed by atoms with E-state index in [2.05, 4.69) is 34.4 Å². The van der Waals surface area contributed by atoms with Crippen LogP contribution < -0.4 is 10.6 Å². The lowest BCUT2D eigenvalue weighted by Gasteiger charge is -2.09. The first kappa shape index (κ1) is 11.7. The highest BCUT2D eigenvalue weighted by atomic mass is 15.1. The van der Waals surface area contributed by atoms with Gasteiger partial charge in [-0.15, -0.1) is 0 Å². The van der Waals surface area contributed by atoms with Crippen LogP contribution in [0.3, 0.4) is 0 Å². The summed E-state index contributed by atoms with van der Waals surface area (Å²) in [4.78, 5) is 8.85. The number of rotatable bonds is 6. The number of imidazole rings is 1. The molecule has 2 heterocycles. The van der Waals surface area contributed by atoms with Crippen LogP contribution in [0.1, 0.15) is 26.7 Å².